The van der Waals surface area contributed by atoms with E-state index >= 15 is 0 Å². The molecule has 0 fully saturated rings. The lowest BCUT2D eigenvalue weighted by Crippen LogP contribution is -2.43. The summed E-state index contributed by atoms with van der Waals surface area (Å²) in [5.74, 6) is -1.12. The summed E-state index contributed by atoms with van der Waals surface area (Å²) in [5.41, 5.74) is -5.44. The highest BCUT2D eigenvalue weighted by atomic mass is 19.4. The number of aromatic nitrogens is 2. The molecule has 0 bridgehead atoms. The number of anilines is 1. The van der Waals surface area contributed by atoms with E-state index in [1.54, 1.807) is 0 Å². The second-order valence-electron chi connectivity index (χ2n) is 7.16. The largest absolute Gasteiger partial charge is 0.417 e. The SMILES string of the molecule is C[C@](O)(Cn1cc2c(C(F)(F)F)cccc2n1)C(=O)Nc1ccc(C#N)c(C(F)(F)F)c1. The number of nitrogens with zero attached hydrogens (tertiary/aromatic N) is 3. The number of amides is 1. The number of carbonyl (C=O) groups is 1. The van der Waals surface area contributed by atoms with Crippen LogP contribution < -0.4 is 5.32 Å². The highest BCUT2D eigenvalue weighted by Gasteiger charge is 2.36. The summed E-state index contributed by atoms with van der Waals surface area (Å²) in [5, 5.41) is 25.1. The molecule has 3 rings (SSSR count). The Hall–Kier alpha value is -3.59. The van der Waals surface area contributed by atoms with Gasteiger partial charge >= 0.3 is 12.4 Å². The first-order valence-corrected chi connectivity index (χ1v) is 8.91. The van der Waals surface area contributed by atoms with Gasteiger partial charge in [0.1, 0.15) is 0 Å². The molecule has 0 aliphatic carbocycles. The summed E-state index contributed by atoms with van der Waals surface area (Å²) < 4.78 is 79.7. The molecule has 3 aromatic rings. The Kier molecular flexibility index (Phi) is 5.65. The van der Waals surface area contributed by atoms with Gasteiger partial charge in [-0.05, 0) is 37.3 Å². The molecule has 0 aliphatic rings. The minimum Gasteiger partial charge on any atom is -0.378 e. The van der Waals surface area contributed by atoms with Crippen molar-refractivity contribution in [3.05, 3.63) is 59.3 Å². The number of benzene rings is 2. The Morgan fingerprint density at radius 3 is 2.38 bits per heavy atom. The van der Waals surface area contributed by atoms with Gasteiger partial charge in [0.2, 0.25) is 0 Å². The highest BCUT2D eigenvalue weighted by Crippen LogP contribution is 2.35. The van der Waals surface area contributed by atoms with Crippen LogP contribution in [0.3, 0.4) is 0 Å². The van der Waals surface area contributed by atoms with Crippen LogP contribution in [0.4, 0.5) is 32.0 Å². The lowest BCUT2D eigenvalue weighted by molar-refractivity contribution is -0.138. The molecule has 2 aromatic carbocycles. The number of nitriles is 1. The van der Waals surface area contributed by atoms with E-state index in [-0.39, 0.29) is 16.6 Å². The van der Waals surface area contributed by atoms with Crippen molar-refractivity contribution in [2.75, 3.05) is 5.32 Å². The van der Waals surface area contributed by atoms with Crippen molar-refractivity contribution in [3.63, 3.8) is 0 Å². The maximum Gasteiger partial charge on any atom is 0.417 e. The summed E-state index contributed by atoms with van der Waals surface area (Å²) in [6.07, 6.45) is -8.47. The van der Waals surface area contributed by atoms with Crippen LogP contribution >= 0.6 is 0 Å². The van der Waals surface area contributed by atoms with Gasteiger partial charge in [-0.1, -0.05) is 6.07 Å². The van der Waals surface area contributed by atoms with Gasteiger partial charge in [-0.2, -0.15) is 36.7 Å². The van der Waals surface area contributed by atoms with Crippen LogP contribution in [0, 0.1) is 11.3 Å². The number of aliphatic hydroxyl groups is 1. The minimum atomic E-state index is -4.85. The van der Waals surface area contributed by atoms with Crippen LogP contribution in [0.2, 0.25) is 0 Å². The molecule has 1 heterocycles. The number of carbonyl (C=O) groups excluding carboxylic acids is 1. The number of hydrogen-bond donors (Lipinski definition) is 2. The smallest absolute Gasteiger partial charge is 0.378 e. The Morgan fingerprint density at radius 2 is 1.78 bits per heavy atom. The zero-order valence-corrected chi connectivity index (χ0v) is 16.2. The molecule has 0 unspecified atom stereocenters. The number of hydrogen-bond acceptors (Lipinski definition) is 4. The third-order valence-electron chi connectivity index (χ3n) is 4.57. The molecular weight excluding hydrogens is 442 g/mol. The average Bonchev–Trinajstić information content (AvgIpc) is 3.07. The van der Waals surface area contributed by atoms with Crippen molar-refractivity contribution < 1.29 is 36.2 Å². The Bertz CT molecular complexity index is 1220. The third-order valence-corrected chi connectivity index (χ3v) is 4.57. The van der Waals surface area contributed by atoms with Crippen LogP contribution in [-0.4, -0.2) is 26.4 Å². The van der Waals surface area contributed by atoms with Gasteiger partial charge in [0.25, 0.3) is 5.91 Å². The molecule has 168 valence electrons. The van der Waals surface area contributed by atoms with Crippen LogP contribution in [0.1, 0.15) is 23.6 Å². The topological polar surface area (TPSA) is 90.9 Å². The molecule has 0 saturated carbocycles. The summed E-state index contributed by atoms with van der Waals surface area (Å²) in [4.78, 5) is 12.5. The summed E-state index contributed by atoms with van der Waals surface area (Å²) in [6.45, 7) is 0.459. The fraction of sp³-hybridized carbons (Fsp3) is 0.250. The number of halogens is 6. The predicted molar refractivity (Wildman–Crippen MR) is 100 cm³/mol. The van der Waals surface area contributed by atoms with E-state index in [9.17, 15) is 36.2 Å². The number of fused-ring (bicyclic) bond motifs is 1. The fourth-order valence-corrected chi connectivity index (χ4v) is 3.03. The molecule has 32 heavy (non-hydrogen) atoms. The molecule has 0 radical (unpaired) electrons. The second kappa shape index (κ2) is 7.83. The average molecular weight is 456 g/mol. The first kappa shape index (κ1) is 23.1. The first-order chi connectivity index (χ1) is 14.7. The highest BCUT2D eigenvalue weighted by molar-refractivity contribution is 5.97. The Labute approximate surface area is 176 Å². The van der Waals surface area contributed by atoms with Crippen LogP contribution in [0.15, 0.2) is 42.6 Å². The van der Waals surface area contributed by atoms with Gasteiger partial charge in [0, 0.05) is 17.3 Å². The normalized spacial score (nSPS) is 14.1. The van der Waals surface area contributed by atoms with E-state index < -0.39 is 47.1 Å². The number of nitrogens with one attached hydrogen (secondary N) is 1. The molecule has 0 aliphatic heterocycles. The lowest BCUT2D eigenvalue weighted by Gasteiger charge is -2.22. The van der Waals surface area contributed by atoms with Gasteiger partial charge in [-0.15, -0.1) is 0 Å². The van der Waals surface area contributed by atoms with E-state index in [0.29, 0.717) is 6.07 Å². The molecular formula is C20H14F6N4O2. The van der Waals surface area contributed by atoms with E-state index in [2.05, 4.69) is 10.4 Å². The lowest BCUT2D eigenvalue weighted by atomic mass is 10.0. The van der Waals surface area contributed by atoms with Crippen molar-refractivity contribution in [2.24, 2.45) is 0 Å². The molecule has 1 amide bonds. The predicted octanol–water partition coefficient (Wildman–Crippen LogP) is 4.34. The van der Waals surface area contributed by atoms with Crippen LogP contribution in [-0.2, 0) is 23.7 Å². The molecule has 6 nitrogen and oxygen atoms in total. The molecule has 2 N–H and O–H groups in total. The van der Waals surface area contributed by atoms with Crippen molar-refractivity contribution in [1.29, 1.82) is 5.26 Å². The van der Waals surface area contributed by atoms with E-state index in [1.165, 1.54) is 12.1 Å². The van der Waals surface area contributed by atoms with Crippen molar-refractivity contribution in [1.82, 2.24) is 9.78 Å². The quantitative estimate of drug-likeness (QED) is 0.572. The maximum atomic E-state index is 13.2. The van der Waals surface area contributed by atoms with Gasteiger partial charge < -0.3 is 10.4 Å². The Morgan fingerprint density at radius 1 is 1.12 bits per heavy atom. The van der Waals surface area contributed by atoms with Crippen molar-refractivity contribution >= 4 is 22.5 Å². The van der Waals surface area contributed by atoms with E-state index in [0.717, 1.165) is 42.1 Å². The van der Waals surface area contributed by atoms with Gasteiger partial charge in [-0.3, -0.25) is 9.48 Å². The standard InChI is InChI=1S/C20H14F6N4O2/c1-18(32,10-30-9-13-14(19(21,22)23)3-2-4-16(13)29-30)17(31)28-12-6-5-11(8-27)15(7-12)20(24,25)26/h2-7,9,32H,10H2,1H3,(H,28,31)/t18-/m0/s1. The van der Waals surface area contributed by atoms with Crippen LogP contribution in [0.25, 0.3) is 10.9 Å². The zero-order chi connectivity index (χ0) is 23.9. The number of alkyl halides is 6. The van der Waals surface area contributed by atoms with E-state index in [4.69, 9.17) is 5.26 Å². The van der Waals surface area contributed by atoms with Gasteiger partial charge in [-0.25, -0.2) is 0 Å². The first-order valence-electron chi connectivity index (χ1n) is 8.91. The molecule has 1 aromatic heterocycles. The van der Waals surface area contributed by atoms with Crippen LogP contribution in [0.5, 0.6) is 0 Å². The summed E-state index contributed by atoms with van der Waals surface area (Å²) in [6, 6.07) is 7.22. The Balaban J connectivity index is 1.85. The molecule has 12 heteroatoms. The second-order valence-corrected chi connectivity index (χ2v) is 7.16. The third kappa shape index (κ3) is 4.67. The number of rotatable bonds is 4. The molecule has 1 atom stereocenters. The van der Waals surface area contributed by atoms with Crippen molar-refractivity contribution in [2.45, 2.75) is 31.4 Å². The monoisotopic (exact) mass is 456 g/mol. The molecule has 0 saturated heterocycles. The van der Waals surface area contributed by atoms with Gasteiger partial charge in [0.05, 0.1) is 34.8 Å². The molecule has 0 spiro atoms. The minimum absolute atomic E-state index is 0.0158. The maximum absolute atomic E-state index is 13.2. The van der Waals surface area contributed by atoms with E-state index in [1.807, 2.05) is 0 Å². The van der Waals surface area contributed by atoms with Gasteiger partial charge in [0.15, 0.2) is 5.60 Å². The zero-order valence-electron chi connectivity index (χ0n) is 16.2. The van der Waals surface area contributed by atoms with Crippen molar-refractivity contribution in [3.8, 4) is 6.07 Å². The summed E-state index contributed by atoms with van der Waals surface area (Å²) >= 11 is 0. The summed E-state index contributed by atoms with van der Waals surface area (Å²) in [7, 11) is 0. The fourth-order valence-electron chi connectivity index (χ4n) is 3.03.